The third-order valence-corrected chi connectivity index (χ3v) is 7.89. The second-order valence-corrected chi connectivity index (χ2v) is 9.91. The third kappa shape index (κ3) is 3.15. The lowest BCUT2D eigenvalue weighted by Gasteiger charge is -2.49. The maximum atomic E-state index is 15.8. The number of nitrogens with one attached hydrogen (secondary N) is 1. The van der Waals surface area contributed by atoms with Crippen LogP contribution in [0.25, 0.3) is 0 Å². The summed E-state index contributed by atoms with van der Waals surface area (Å²) in [7, 11) is 3.57. The van der Waals surface area contributed by atoms with Crippen LogP contribution in [0.4, 0.5) is 14.5 Å². The molecule has 1 aromatic heterocycles. The van der Waals surface area contributed by atoms with Gasteiger partial charge in [-0.3, -0.25) is 19.8 Å². The molecule has 10 heteroatoms. The maximum absolute atomic E-state index is 15.8. The summed E-state index contributed by atoms with van der Waals surface area (Å²) in [6.07, 6.45) is -1.29. The standard InChI is InChI=1S/C24H29F2N7O/c1-13-27-19(31-34-13)12-18-28-20-14-6-4-5-7-17(14)30-24(21(20)29-18,15-8-10-32(2)22(15)25)16-9-11-33(3)23(16)26/h4-7,15-16,18,22-23,30H,8-12H2,1-3H3. The molecular formula is C24H29F2N7O. The van der Waals surface area contributed by atoms with Crippen molar-refractivity contribution in [2.75, 3.05) is 32.5 Å². The summed E-state index contributed by atoms with van der Waals surface area (Å²) >= 11 is 0. The number of para-hydroxylation sites is 1. The molecular weight excluding hydrogens is 440 g/mol. The van der Waals surface area contributed by atoms with Gasteiger partial charge in [-0.1, -0.05) is 23.4 Å². The molecule has 0 saturated carbocycles. The van der Waals surface area contributed by atoms with Crippen LogP contribution in [0.5, 0.6) is 0 Å². The van der Waals surface area contributed by atoms with E-state index >= 15 is 8.78 Å². The van der Waals surface area contributed by atoms with Gasteiger partial charge in [0.15, 0.2) is 18.4 Å². The fourth-order valence-electron chi connectivity index (χ4n) is 6.23. The predicted octanol–water partition coefficient (Wildman–Crippen LogP) is 2.85. The van der Waals surface area contributed by atoms with E-state index in [-0.39, 0.29) is 0 Å². The molecule has 5 heterocycles. The Hall–Kier alpha value is -2.72. The van der Waals surface area contributed by atoms with E-state index in [4.69, 9.17) is 14.5 Å². The number of hydrogen-bond acceptors (Lipinski definition) is 8. The number of alkyl halides is 2. The van der Waals surface area contributed by atoms with Crippen LogP contribution in [0.3, 0.4) is 0 Å². The second-order valence-electron chi connectivity index (χ2n) is 9.91. The Labute approximate surface area is 197 Å². The largest absolute Gasteiger partial charge is 0.373 e. The molecule has 1 N–H and O–H groups in total. The van der Waals surface area contributed by atoms with Crippen molar-refractivity contribution < 1.29 is 13.3 Å². The number of aryl methyl sites for hydroxylation is 1. The molecule has 8 nitrogen and oxygen atoms in total. The lowest BCUT2D eigenvalue weighted by molar-refractivity contribution is 0.0467. The molecule has 180 valence electrons. The molecule has 5 unspecified atom stereocenters. The van der Waals surface area contributed by atoms with E-state index in [0.29, 0.717) is 49.8 Å². The van der Waals surface area contributed by atoms with E-state index in [1.807, 2.05) is 24.3 Å². The summed E-state index contributed by atoms with van der Waals surface area (Å²) in [6, 6.07) is 7.85. The van der Waals surface area contributed by atoms with Crippen LogP contribution in [-0.2, 0) is 6.42 Å². The number of fused-ring (bicyclic) bond motifs is 3. The summed E-state index contributed by atoms with van der Waals surface area (Å²) in [5.74, 6) is 0.0803. The number of likely N-dealkylation sites (tertiary alicyclic amines) is 2. The molecule has 4 aliphatic heterocycles. The number of halogens is 2. The summed E-state index contributed by atoms with van der Waals surface area (Å²) in [6.45, 7) is 2.97. The predicted molar refractivity (Wildman–Crippen MR) is 125 cm³/mol. The van der Waals surface area contributed by atoms with Crippen LogP contribution in [0.2, 0.25) is 0 Å². The van der Waals surface area contributed by atoms with Gasteiger partial charge in [-0.05, 0) is 33.0 Å². The van der Waals surface area contributed by atoms with Gasteiger partial charge >= 0.3 is 0 Å². The Morgan fingerprint density at radius 2 is 1.74 bits per heavy atom. The van der Waals surface area contributed by atoms with Crippen LogP contribution < -0.4 is 5.32 Å². The van der Waals surface area contributed by atoms with Gasteiger partial charge in [0.2, 0.25) is 5.89 Å². The van der Waals surface area contributed by atoms with Gasteiger partial charge in [-0.15, -0.1) is 0 Å². The van der Waals surface area contributed by atoms with Gasteiger partial charge in [0, 0.05) is 43.1 Å². The highest BCUT2D eigenvalue weighted by Gasteiger charge is 2.62. The molecule has 1 aromatic carbocycles. The van der Waals surface area contributed by atoms with Crippen molar-refractivity contribution in [1.29, 1.82) is 0 Å². The highest BCUT2D eigenvalue weighted by Crippen LogP contribution is 2.50. The number of rotatable bonds is 4. The number of hydrogen-bond donors (Lipinski definition) is 1. The number of nitrogens with zero attached hydrogens (tertiary/aromatic N) is 6. The monoisotopic (exact) mass is 469 g/mol. The molecule has 2 aromatic rings. The number of anilines is 1. The summed E-state index contributed by atoms with van der Waals surface area (Å²) < 4.78 is 36.7. The Morgan fingerprint density at radius 3 is 2.32 bits per heavy atom. The first kappa shape index (κ1) is 21.8. The van der Waals surface area contributed by atoms with Gasteiger partial charge in [0.05, 0.1) is 23.4 Å². The van der Waals surface area contributed by atoms with Gasteiger partial charge in [-0.25, -0.2) is 8.78 Å². The minimum absolute atomic E-state index is 0.371. The van der Waals surface area contributed by atoms with Crippen molar-refractivity contribution in [3.63, 3.8) is 0 Å². The van der Waals surface area contributed by atoms with Crippen LogP contribution in [-0.4, -0.2) is 82.8 Å². The van der Waals surface area contributed by atoms with E-state index in [9.17, 15) is 0 Å². The zero-order valence-corrected chi connectivity index (χ0v) is 19.6. The molecule has 2 saturated heterocycles. The van der Waals surface area contributed by atoms with E-state index in [0.717, 1.165) is 17.0 Å². The molecule has 4 aliphatic rings. The molecule has 6 rings (SSSR count). The lowest BCUT2D eigenvalue weighted by Crippen LogP contribution is -2.65. The van der Waals surface area contributed by atoms with Gasteiger partial charge < -0.3 is 9.84 Å². The Morgan fingerprint density at radius 1 is 1.06 bits per heavy atom. The minimum Gasteiger partial charge on any atom is -0.373 e. The number of aliphatic imine (C=N–C) groups is 2. The van der Waals surface area contributed by atoms with Gasteiger partial charge in [0.1, 0.15) is 6.17 Å². The summed E-state index contributed by atoms with van der Waals surface area (Å²) in [5, 5.41) is 7.66. The molecule has 34 heavy (non-hydrogen) atoms. The van der Waals surface area contributed by atoms with Gasteiger partial charge in [0.25, 0.3) is 0 Å². The first-order valence-corrected chi connectivity index (χ1v) is 11.9. The average molecular weight is 470 g/mol. The smallest absolute Gasteiger partial charge is 0.223 e. The van der Waals surface area contributed by atoms with Crippen molar-refractivity contribution in [3.8, 4) is 0 Å². The SMILES string of the molecule is Cc1nc(CC2N=C3C(=N2)C(C2CCN(C)C2F)(C2CCN(C)C2F)Nc2ccccc23)no1. The zero-order chi connectivity index (χ0) is 23.6. The zero-order valence-electron chi connectivity index (χ0n) is 19.6. The first-order chi connectivity index (χ1) is 16.4. The first-order valence-electron chi connectivity index (χ1n) is 11.9. The van der Waals surface area contributed by atoms with E-state index in [2.05, 4.69) is 15.5 Å². The van der Waals surface area contributed by atoms with E-state index in [1.165, 1.54) is 0 Å². The van der Waals surface area contributed by atoms with Gasteiger partial charge in [-0.2, -0.15) is 4.98 Å². The molecule has 0 bridgehead atoms. The van der Waals surface area contributed by atoms with Crippen molar-refractivity contribution in [1.82, 2.24) is 19.9 Å². The van der Waals surface area contributed by atoms with Crippen LogP contribution in [0.1, 0.15) is 30.1 Å². The lowest BCUT2D eigenvalue weighted by atomic mass is 9.65. The molecule has 5 atom stereocenters. The highest BCUT2D eigenvalue weighted by molar-refractivity contribution is 6.54. The topological polar surface area (TPSA) is 82.2 Å². The normalized spacial score (nSPS) is 35.6. The molecule has 0 radical (unpaired) electrons. The van der Waals surface area contributed by atoms with Crippen molar-refractivity contribution in [3.05, 3.63) is 41.5 Å². The van der Waals surface area contributed by atoms with E-state index in [1.54, 1.807) is 30.8 Å². The van der Waals surface area contributed by atoms with Crippen LogP contribution in [0.15, 0.2) is 38.8 Å². The van der Waals surface area contributed by atoms with Crippen molar-refractivity contribution in [2.24, 2.45) is 21.8 Å². The maximum Gasteiger partial charge on any atom is 0.223 e. The van der Waals surface area contributed by atoms with E-state index < -0.39 is 36.1 Å². The van der Waals surface area contributed by atoms with Crippen molar-refractivity contribution >= 4 is 17.1 Å². The minimum atomic E-state index is -1.21. The Kier molecular flexibility index (Phi) is 5.07. The fraction of sp³-hybridized carbons (Fsp3) is 0.583. The summed E-state index contributed by atoms with van der Waals surface area (Å²) in [5.41, 5.74) is 2.14. The Balaban J connectivity index is 1.52. The number of aromatic nitrogens is 2. The highest BCUT2D eigenvalue weighted by atomic mass is 19.1. The summed E-state index contributed by atoms with van der Waals surface area (Å²) in [4.78, 5) is 17.7. The molecule has 2 fully saturated rings. The second kappa shape index (κ2) is 7.91. The van der Waals surface area contributed by atoms with Crippen molar-refractivity contribution in [2.45, 2.75) is 50.5 Å². The quantitative estimate of drug-likeness (QED) is 0.694. The Bertz CT molecular complexity index is 1140. The van der Waals surface area contributed by atoms with Crippen LogP contribution in [0, 0.1) is 18.8 Å². The number of benzene rings is 1. The van der Waals surface area contributed by atoms with Crippen LogP contribution >= 0.6 is 0 Å². The fourth-order valence-corrected chi connectivity index (χ4v) is 6.23. The third-order valence-electron chi connectivity index (χ3n) is 7.89. The molecule has 0 spiro atoms. The molecule has 0 amide bonds. The molecule has 0 aliphatic carbocycles. The average Bonchev–Trinajstić information content (AvgIpc) is 3.59.